The van der Waals surface area contributed by atoms with E-state index in [-0.39, 0.29) is 11.1 Å². The second-order valence-corrected chi connectivity index (χ2v) is 7.38. The Morgan fingerprint density at radius 2 is 1.92 bits per heavy atom. The summed E-state index contributed by atoms with van der Waals surface area (Å²) in [5.41, 5.74) is 3.82. The minimum absolute atomic E-state index is 0.150. The van der Waals surface area contributed by atoms with Crippen LogP contribution < -0.4 is 0 Å². The number of aromatic nitrogens is 3. The first kappa shape index (κ1) is 9.33. The molecule has 0 radical (unpaired) electrons. The van der Waals surface area contributed by atoms with Crippen LogP contribution >= 0.6 is 0 Å². The first-order valence-electron chi connectivity index (χ1n) is 11.9. The van der Waals surface area contributed by atoms with Gasteiger partial charge in [-0.1, -0.05) is 18.2 Å². The molecule has 3 nitrogen and oxygen atoms in total. The van der Waals surface area contributed by atoms with Crippen molar-refractivity contribution in [2.75, 3.05) is 0 Å². The number of hydrogen-bond donors (Lipinski definition) is 0. The van der Waals surface area contributed by atoms with Crippen LogP contribution in [0.4, 0.5) is 0 Å². The van der Waals surface area contributed by atoms with E-state index < -0.39 is 13.7 Å². The lowest BCUT2D eigenvalue weighted by atomic mass is 9.71. The molecule has 124 valence electrons. The Morgan fingerprint density at radius 3 is 2.76 bits per heavy atom. The van der Waals surface area contributed by atoms with Crippen molar-refractivity contribution in [1.29, 1.82) is 0 Å². The SMILES string of the molecule is [2H]C([2H])([2H])c1cnc2c3ccccc3n3c4c(nc3c2c1C([2H])([2H])[2H])C1CCC4CC1. The maximum absolute atomic E-state index is 8.23. The molecule has 25 heavy (non-hydrogen) atoms. The van der Waals surface area contributed by atoms with E-state index in [9.17, 15) is 0 Å². The van der Waals surface area contributed by atoms with Gasteiger partial charge in [0.15, 0.2) is 0 Å². The van der Waals surface area contributed by atoms with Gasteiger partial charge in [-0.05, 0) is 56.6 Å². The average Bonchev–Trinajstić information content (AvgIpc) is 3.15. The van der Waals surface area contributed by atoms with Crippen LogP contribution in [0, 0.1) is 13.7 Å². The highest BCUT2D eigenvalue weighted by Crippen LogP contribution is 2.50. The molecule has 3 aliphatic carbocycles. The minimum Gasteiger partial charge on any atom is -0.295 e. The Balaban J connectivity index is 1.91. The number of rotatable bonds is 0. The molecule has 0 amide bonds. The summed E-state index contributed by atoms with van der Waals surface area (Å²) in [4.78, 5) is 9.50. The van der Waals surface area contributed by atoms with Gasteiger partial charge in [0.05, 0.1) is 16.7 Å². The van der Waals surface area contributed by atoms with Gasteiger partial charge >= 0.3 is 0 Å². The second kappa shape index (κ2) is 4.60. The van der Waals surface area contributed by atoms with Crippen molar-refractivity contribution in [3.05, 3.63) is 53.0 Å². The van der Waals surface area contributed by atoms with Crippen LogP contribution in [-0.2, 0) is 0 Å². The molecule has 2 bridgehead atoms. The van der Waals surface area contributed by atoms with Crippen molar-refractivity contribution in [2.24, 2.45) is 0 Å². The lowest BCUT2D eigenvalue weighted by Gasteiger charge is -2.35. The maximum atomic E-state index is 8.23. The number of fused-ring (bicyclic) bond motifs is 8. The van der Waals surface area contributed by atoms with Gasteiger partial charge in [0.2, 0.25) is 0 Å². The third-order valence-corrected chi connectivity index (χ3v) is 6.14. The van der Waals surface area contributed by atoms with Crippen LogP contribution in [-0.4, -0.2) is 14.4 Å². The predicted molar refractivity (Wildman–Crippen MR) is 101 cm³/mol. The summed E-state index contributed by atoms with van der Waals surface area (Å²) >= 11 is 0. The summed E-state index contributed by atoms with van der Waals surface area (Å²) in [6.45, 7) is -5.20. The largest absolute Gasteiger partial charge is 0.295 e. The molecule has 3 aromatic heterocycles. The van der Waals surface area contributed by atoms with Crippen LogP contribution in [0.5, 0.6) is 0 Å². The van der Waals surface area contributed by atoms with Crippen molar-refractivity contribution >= 4 is 27.5 Å². The molecule has 3 heterocycles. The number of nitrogens with zero attached hydrogens (tertiary/aromatic N) is 3. The summed E-state index contributed by atoms with van der Waals surface area (Å²) < 4.78 is 50.7. The predicted octanol–water partition coefficient (Wildman–Crippen LogP) is 5.41. The van der Waals surface area contributed by atoms with Gasteiger partial charge in [0.1, 0.15) is 5.65 Å². The van der Waals surface area contributed by atoms with E-state index in [1.54, 1.807) is 0 Å². The molecule has 3 heteroatoms. The quantitative estimate of drug-likeness (QED) is 0.403. The fourth-order valence-corrected chi connectivity index (χ4v) is 5.00. The van der Waals surface area contributed by atoms with E-state index in [4.69, 9.17) is 13.2 Å². The van der Waals surface area contributed by atoms with E-state index in [1.165, 1.54) is 11.9 Å². The number of imidazole rings is 1. The van der Waals surface area contributed by atoms with Gasteiger partial charge in [-0.15, -0.1) is 0 Å². The zero-order chi connectivity index (χ0) is 21.7. The summed E-state index contributed by atoms with van der Waals surface area (Å²) in [7, 11) is 0. The van der Waals surface area contributed by atoms with Crippen LogP contribution in [0.25, 0.3) is 27.5 Å². The van der Waals surface area contributed by atoms with Gasteiger partial charge in [-0.25, -0.2) is 4.98 Å². The Hall–Kier alpha value is -2.42. The molecule has 4 aromatic rings. The van der Waals surface area contributed by atoms with E-state index in [2.05, 4.69) is 9.38 Å². The van der Waals surface area contributed by atoms with E-state index in [1.807, 2.05) is 24.3 Å². The minimum atomic E-state index is -2.61. The number of benzene rings is 1. The highest BCUT2D eigenvalue weighted by Gasteiger charge is 2.37. The van der Waals surface area contributed by atoms with Crippen LogP contribution in [0.15, 0.2) is 30.5 Å². The lowest BCUT2D eigenvalue weighted by molar-refractivity contribution is 0.347. The Labute approximate surface area is 155 Å². The highest BCUT2D eigenvalue weighted by molar-refractivity contribution is 6.11. The number of aryl methyl sites for hydroxylation is 2. The molecular formula is C22H21N3. The monoisotopic (exact) mass is 333 g/mol. The van der Waals surface area contributed by atoms with Crippen LogP contribution in [0.3, 0.4) is 0 Å². The zero-order valence-electron chi connectivity index (χ0n) is 19.7. The standard InChI is InChI=1S/C22H21N3/c1-12-11-23-20-16-5-3-4-6-17(16)25-21-15-9-7-14(8-10-15)19(21)24-22(25)18(20)13(12)2/h3-6,11,14-15H,7-10H2,1-2H3/i1D3,2D3. The summed E-state index contributed by atoms with van der Waals surface area (Å²) in [5.74, 6) is 0.773. The van der Waals surface area contributed by atoms with Crippen molar-refractivity contribution in [3.8, 4) is 0 Å². The van der Waals surface area contributed by atoms with Crippen molar-refractivity contribution < 1.29 is 8.22 Å². The van der Waals surface area contributed by atoms with Crippen LogP contribution in [0.2, 0.25) is 0 Å². The Morgan fingerprint density at radius 1 is 1.08 bits per heavy atom. The molecule has 1 saturated carbocycles. The summed E-state index contributed by atoms with van der Waals surface area (Å²) in [6.07, 6.45) is 5.63. The third-order valence-electron chi connectivity index (χ3n) is 6.14. The molecule has 0 spiro atoms. The average molecular weight is 333 g/mol. The highest BCUT2D eigenvalue weighted by atomic mass is 15.1. The van der Waals surface area contributed by atoms with E-state index in [0.29, 0.717) is 28.4 Å². The molecule has 3 aliphatic rings. The molecule has 0 aliphatic heterocycles. The van der Waals surface area contributed by atoms with Gasteiger partial charge in [-0.3, -0.25) is 9.38 Å². The van der Waals surface area contributed by atoms with Gasteiger partial charge in [0, 0.05) is 42.7 Å². The summed E-state index contributed by atoms with van der Waals surface area (Å²) in [5, 5.41) is 1.16. The van der Waals surface area contributed by atoms with E-state index >= 15 is 0 Å². The maximum Gasteiger partial charge on any atom is 0.147 e. The van der Waals surface area contributed by atoms with Gasteiger partial charge in [-0.2, -0.15) is 0 Å². The van der Waals surface area contributed by atoms with Crippen molar-refractivity contribution in [1.82, 2.24) is 14.4 Å². The molecule has 0 unspecified atom stereocenters. The third kappa shape index (κ3) is 1.61. The molecule has 1 fully saturated rings. The van der Waals surface area contributed by atoms with Crippen LogP contribution in [0.1, 0.15) is 68.3 Å². The van der Waals surface area contributed by atoms with Gasteiger partial charge < -0.3 is 0 Å². The van der Waals surface area contributed by atoms with Crippen molar-refractivity contribution in [2.45, 2.75) is 51.2 Å². The molecule has 0 saturated heterocycles. The molecule has 0 N–H and O–H groups in total. The smallest absolute Gasteiger partial charge is 0.147 e. The van der Waals surface area contributed by atoms with Gasteiger partial charge in [0.25, 0.3) is 0 Å². The Kier molecular flexibility index (Phi) is 1.72. The fraction of sp³-hybridized carbons (Fsp3) is 0.364. The zero-order valence-corrected chi connectivity index (χ0v) is 13.7. The number of pyridine rings is 2. The first-order valence-corrected chi connectivity index (χ1v) is 8.93. The topological polar surface area (TPSA) is 30.2 Å². The Bertz CT molecular complexity index is 1370. The molecular weight excluding hydrogens is 306 g/mol. The fourth-order valence-electron chi connectivity index (χ4n) is 5.00. The number of para-hydroxylation sites is 1. The van der Waals surface area contributed by atoms with E-state index in [0.717, 1.165) is 42.3 Å². The first-order chi connectivity index (χ1) is 14.7. The molecule has 7 rings (SSSR count). The second-order valence-electron chi connectivity index (χ2n) is 7.38. The molecule has 1 aromatic carbocycles. The van der Waals surface area contributed by atoms with Crippen molar-refractivity contribution in [3.63, 3.8) is 0 Å². The lowest BCUT2D eigenvalue weighted by Crippen LogP contribution is -2.22. The summed E-state index contributed by atoms with van der Waals surface area (Å²) in [6, 6.07) is 7.80. The molecule has 0 atom stereocenters. The number of hydrogen-bond acceptors (Lipinski definition) is 2. The normalized spacial score (nSPS) is 26.7.